The molecule has 1 aromatic rings. The van der Waals surface area contributed by atoms with E-state index < -0.39 is 6.03 Å². The first-order valence-corrected chi connectivity index (χ1v) is 5.04. The highest BCUT2D eigenvalue weighted by atomic mass is 16.5. The van der Waals surface area contributed by atoms with Crippen molar-refractivity contribution < 1.29 is 9.53 Å². The second-order valence-electron chi connectivity index (χ2n) is 3.12. The van der Waals surface area contributed by atoms with Crippen LogP contribution < -0.4 is 15.9 Å². The zero-order chi connectivity index (χ0) is 11.8. The summed E-state index contributed by atoms with van der Waals surface area (Å²) in [5.74, 6) is 0.736. The van der Waals surface area contributed by atoms with E-state index in [9.17, 15) is 4.79 Å². The minimum Gasteiger partial charge on any atom is -0.493 e. The number of carbonyl (C=O) groups is 1. The van der Waals surface area contributed by atoms with Crippen molar-refractivity contribution in [2.45, 2.75) is 13.3 Å². The summed E-state index contributed by atoms with van der Waals surface area (Å²) < 4.78 is 5.51. The van der Waals surface area contributed by atoms with Crippen molar-refractivity contribution in [3.63, 3.8) is 0 Å². The van der Waals surface area contributed by atoms with Crippen molar-refractivity contribution in [1.82, 2.24) is 5.43 Å². The summed E-state index contributed by atoms with van der Waals surface area (Å²) in [4.78, 5) is 10.4. The van der Waals surface area contributed by atoms with E-state index in [1.54, 1.807) is 0 Å². The number of rotatable bonds is 5. The Morgan fingerprint density at radius 2 is 2.31 bits per heavy atom. The largest absolute Gasteiger partial charge is 0.493 e. The summed E-state index contributed by atoms with van der Waals surface area (Å²) in [5, 5.41) is 3.68. The van der Waals surface area contributed by atoms with Crippen molar-refractivity contribution in [3.05, 3.63) is 29.8 Å². The van der Waals surface area contributed by atoms with E-state index in [1.807, 2.05) is 31.2 Å². The van der Waals surface area contributed by atoms with Gasteiger partial charge in [-0.25, -0.2) is 10.2 Å². The average molecular weight is 221 g/mol. The van der Waals surface area contributed by atoms with Crippen LogP contribution in [0, 0.1) is 0 Å². The molecule has 0 aliphatic rings. The Morgan fingerprint density at radius 3 is 3.00 bits per heavy atom. The van der Waals surface area contributed by atoms with Crippen LogP contribution in [-0.4, -0.2) is 18.9 Å². The van der Waals surface area contributed by atoms with Gasteiger partial charge in [0, 0.05) is 5.56 Å². The van der Waals surface area contributed by atoms with Crippen LogP contribution in [0.5, 0.6) is 5.75 Å². The Bertz CT molecular complexity index is 377. The fourth-order valence-corrected chi connectivity index (χ4v) is 1.10. The molecule has 5 heteroatoms. The number of carbonyl (C=O) groups excluding carboxylic acids is 1. The lowest BCUT2D eigenvalue weighted by Crippen LogP contribution is -2.24. The molecule has 16 heavy (non-hydrogen) atoms. The molecule has 0 unspecified atom stereocenters. The van der Waals surface area contributed by atoms with Gasteiger partial charge in [-0.05, 0) is 18.6 Å². The summed E-state index contributed by atoms with van der Waals surface area (Å²) >= 11 is 0. The van der Waals surface area contributed by atoms with E-state index >= 15 is 0 Å². The number of nitrogens with one attached hydrogen (secondary N) is 1. The third kappa shape index (κ3) is 4.00. The lowest BCUT2D eigenvalue weighted by atomic mass is 10.2. The molecule has 3 N–H and O–H groups in total. The minimum absolute atomic E-state index is 0.647. The SMILES string of the molecule is CCCOc1ccccc1C=NNC(N)=O. The van der Waals surface area contributed by atoms with Gasteiger partial charge in [-0.1, -0.05) is 19.1 Å². The third-order valence-corrected chi connectivity index (χ3v) is 1.76. The molecule has 0 saturated heterocycles. The molecule has 0 saturated carbocycles. The molecular formula is C11H15N3O2. The van der Waals surface area contributed by atoms with Crippen molar-refractivity contribution >= 4 is 12.2 Å². The molecule has 0 spiro atoms. The number of para-hydroxylation sites is 1. The van der Waals surface area contributed by atoms with Gasteiger partial charge in [-0.3, -0.25) is 0 Å². The fraction of sp³-hybridized carbons (Fsp3) is 0.273. The molecule has 0 aliphatic carbocycles. The van der Waals surface area contributed by atoms with Crippen molar-refractivity contribution in [3.8, 4) is 5.75 Å². The highest BCUT2D eigenvalue weighted by molar-refractivity contribution is 5.84. The summed E-state index contributed by atoms with van der Waals surface area (Å²) in [6.07, 6.45) is 2.43. The first-order valence-electron chi connectivity index (χ1n) is 5.04. The van der Waals surface area contributed by atoms with Crippen LogP contribution in [0.3, 0.4) is 0 Å². The lowest BCUT2D eigenvalue weighted by molar-refractivity contribution is 0.249. The Morgan fingerprint density at radius 1 is 1.56 bits per heavy atom. The van der Waals surface area contributed by atoms with E-state index in [1.165, 1.54) is 6.21 Å². The maximum Gasteiger partial charge on any atom is 0.332 e. The van der Waals surface area contributed by atoms with Gasteiger partial charge in [-0.2, -0.15) is 5.10 Å². The van der Waals surface area contributed by atoms with Gasteiger partial charge in [-0.15, -0.1) is 0 Å². The molecule has 2 amide bonds. The van der Waals surface area contributed by atoms with Gasteiger partial charge < -0.3 is 10.5 Å². The lowest BCUT2D eigenvalue weighted by Gasteiger charge is -2.06. The van der Waals surface area contributed by atoms with Crippen molar-refractivity contribution in [1.29, 1.82) is 0 Å². The van der Waals surface area contributed by atoms with E-state index in [2.05, 4.69) is 10.5 Å². The van der Waals surface area contributed by atoms with Gasteiger partial charge in [0.2, 0.25) is 0 Å². The number of nitrogens with zero attached hydrogens (tertiary/aromatic N) is 1. The molecule has 5 nitrogen and oxygen atoms in total. The van der Waals surface area contributed by atoms with E-state index in [4.69, 9.17) is 10.5 Å². The smallest absolute Gasteiger partial charge is 0.332 e. The van der Waals surface area contributed by atoms with Gasteiger partial charge in [0.1, 0.15) is 5.75 Å². The number of amides is 2. The van der Waals surface area contributed by atoms with Gasteiger partial charge in [0.05, 0.1) is 12.8 Å². The number of nitrogens with two attached hydrogens (primary N) is 1. The third-order valence-electron chi connectivity index (χ3n) is 1.76. The number of hydrazone groups is 1. The zero-order valence-corrected chi connectivity index (χ0v) is 9.14. The van der Waals surface area contributed by atoms with Gasteiger partial charge in [0.25, 0.3) is 0 Å². The highest BCUT2D eigenvalue weighted by Crippen LogP contribution is 2.15. The molecular weight excluding hydrogens is 206 g/mol. The maximum absolute atomic E-state index is 10.4. The first-order chi connectivity index (χ1) is 7.74. The number of hydrogen-bond acceptors (Lipinski definition) is 3. The molecule has 0 fully saturated rings. The summed E-state index contributed by atoms with van der Waals surface area (Å²) in [6.45, 7) is 2.68. The van der Waals surface area contributed by atoms with Gasteiger partial charge in [0.15, 0.2) is 0 Å². The Balaban J connectivity index is 2.70. The standard InChI is InChI=1S/C11H15N3O2/c1-2-7-16-10-6-4-3-5-9(10)8-13-14-11(12)15/h3-6,8H,2,7H2,1H3,(H3,12,14,15). The summed E-state index contributed by atoms with van der Waals surface area (Å²) in [7, 11) is 0. The molecule has 1 aromatic carbocycles. The molecule has 0 bridgehead atoms. The number of urea groups is 1. The number of benzene rings is 1. The topological polar surface area (TPSA) is 76.7 Å². The van der Waals surface area contributed by atoms with Crippen LogP contribution in [0.2, 0.25) is 0 Å². The number of ether oxygens (including phenoxy) is 1. The second kappa shape index (κ2) is 6.44. The number of hydrogen-bond donors (Lipinski definition) is 2. The normalized spacial score (nSPS) is 10.3. The van der Waals surface area contributed by atoms with Crippen molar-refractivity contribution in [2.75, 3.05) is 6.61 Å². The first kappa shape index (κ1) is 12.0. The Hall–Kier alpha value is -2.04. The van der Waals surface area contributed by atoms with Crippen molar-refractivity contribution in [2.24, 2.45) is 10.8 Å². The minimum atomic E-state index is -0.691. The van der Waals surface area contributed by atoms with Crippen LogP contribution >= 0.6 is 0 Å². The molecule has 86 valence electrons. The second-order valence-corrected chi connectivity index (χ2v) is 3.12. The van der Waals surface area contributed by atoms with Crippen LogP contribution in [0.1, 0.15) is 18.9 Å². The van der Waals surface area contributed by atoms with Crippen LogP contribution in [0.15, 0.2) is 29.4 Å². The van der Waals surface area contributed by atoms with E-state index in [0.29, 0.717) is 6.61 Å². The van der Waals surface area contributed by atoms with Crippen LogP contribution in [0.25, 0.3) is 0 Å². The Kier molecular flexibility index (Phi) is 4.85. The molecule has 0 radical (unpaired) electrons. The molecule has 0 atom stereocenters. The van der Waals surface area contributed by atoms with E-state index in [0.717, 1.165) is 17.7 Å². The fourth-order valence-electron chi connectivity index (χ4n) is 1.10. The molecule has 0 aromatic heterocycles. The molecule has 0 aliphatic heterocycles. The Labute approximate surface area is 94.3 Å². The number of primary amides is 1. The zero-order valence-electron chi connectivity index (χ0n) is 9.14. The highest BCUT2D eigenvalue weighted by Gasteiger charge is 1.99. The van der Waals surface area contributed by atoms with Crippen LogP contribution in [0.4, 0.5) is 4.79 Å². The maximum atomic E-state index is 10.4. The molecule has 0 heterocycles. The quantitative estimate of drug-likeness (QED) is 0.583. The average Bonchev–Trinajstić information content (AvgIpc) is 2.27. The van der Waals surface area contributed by atoms with E-state index in [-0.39, 0.29) is 0 Å². The van der Waals surface area contributed by atoms with Gasteiger partial charge >= 0.3 is 6.03 Å². The predicted molar refractivity (Wildman–Crippen MR) is 62.5 cm³/mol. The summed E-state index contributed by atoms with van der Waals surface area (Å²) in [5.41, 5.74) is 7.81. The summed E-state index contributed by atoms with van der Waals surface area (Å²) in [6, 6.07) is 6.75. The monoisotopic (exact) mass is 221 g/mol. The predicted octanol–water partition coefficient (Wildman–Crippen LogP) is 1.48. The molecule has 1 rings (SSSR count). The van der Waals surface area contributed by atoms with Crippen LogP contribution in [-0.2, 0) is 0 Å².